The normalized spacial score (nSPS) is 11.8. The van der Waals surface area contributed by atoms with Crippen molar-refractivity contribution < 1.29 is 14.3 Å². The highest BCUT2D eigenvalue weighted by atomic mass is 32.2. The lowest BCUT2D eigenvalue weighted by atomic mass is 10.1. The Labute approximate surface area is 206 Å². The number of ether oxygens (including phenoxy) is 1. The number of methoxy groups -OCH3 is 1. The monoisotopic (exact) mass is 502 g/mol. The van der Waals surface area contributed by atoms with E-state index in [1.54, 1.807) is 24.8 Å². The van der Waals surface area contributed by atoms with Crippen molar-refractivity contribution in [2.24, 2.45) is 0 Å². The van der Waals surface area contributed by atoms with Gasteiger partial charge in [0.1, 0.15) is 10.8 Å². The summed E-state index contributed by atoms with van der Waals surface area (Å²) in [7, 11) is 1.33. The van der Waals surface area contributed by atoms with Crippen LogP contribution < -0.4 is 5.32 Å². The minimum atomic E-state index is -0.459. The van der Waals surface area contributed by atoms with Crippen LogP contribution in [0.15, 0.2) is 53.0 Å². The topological polar surface area (TPSA) is 86.1 Å². The number of esters is 1. The van der Waals surface area contributed by atoms with E-state index >= 15 is 0 Å². The van der Waals surface area contributed by atoms with Gasteiger partial charge < -0.3 is 14.6 Å². The van der Waals surface area contributed by atoms with Gasteiger partial charge in [0.2, 0.25) is 5.91 Å². The van der Waals surface area contributed by atoms with E-state index in [0.717, 1.165) is 21.2 Å². The summed E-state index contributed by atoms with van der Waals surface area (Å²) in [5.41, 5.74) is 1.22. The number of hydrogen-bond acceptors (Lipinski definition) is 8. The van der Waals surface area contributed by atoms with E-state index in [2.05, 4.69) is 34.2 Å². The number of carbonyl (C=O) groups is 2. The van der Waals surface area contributed by atoms with Gasteiger partial charge in [-0.2, -0.15) is 0 Å². The molecule has 0 saturated heterocycles. The maximum absolute atomic E-state index is 12.9. The van der Waals surface area contributed by atoms with Gasteiger partial charge >= 0.3 is 5.97 Å². The summed E-state index contributed by atoms with van der Waals surface area (Å²) < 4.78 is 6.86. The summed E-state index contributed by atoms with van der Waals surface area (Å²) in [5, 5.41) is 12.2. The number of hydrogen-bond donors (Lipinski definition) is 1. The van der Waals surface area contributed by atoms with E-state index in [0.29, 0.717) is 28.0 Å². The van der Waals surface area contributed by atoms with Gasteiger partial charge in [-0.3, -0.25) is 4.79 Å². The van der Waals surface area contributed by atoms with Crippen LogP contribution in [0.5, 0.6) is 0 Å². The summed E-state index contributed by atoms with van der Waals surface area (Å²) in [6, 6.07) is 10.1. The number of allylic oxidation sites excluding steroid dienone is 1. The fourth-order valence-corrected chi connectivity index (χ4v) is 5.77. The maximum Gasteiger partial charge on any atom is 0.341 e. The van der Waals surface area contributed by atoms with Crippen LogP contribution in [-0.2, 0) is 21.8 Å². The molecule has 2 heterocycles. The highest BCUT2D eigenvalue weighted by molar-refractivity contribution is 8.00. The van der Waals surface area contributed by atoms with E-state index in [9.17, 15) is 9.59 Å². The molecule has 33 heavy (non-hydrogen) atoms. The Hall–Kier alpha value is -2.56. The first-order valence-corrected chi connectivity index (χ1v) is 12.9. The maximum atomic E-state index is 12.9. The third kappa shape index (κ3) is 6.07. The van der Waals surface area contributed by atoms with Crippen molar-refractivity contribution >= 4 is 51.7 Å². The highest BCUT2D eigenvalue weighted by Crippen LogP contribution is 2.34. The molecule has 0 fully saturated rings. The summed E-state index contributed by atoms with van der Waals surface area (Å²) in [6.45, 7) is 9.94. The van der Waals surface area contributed by atoms with Crippen LogP contribution in [0.2, 0.25) is 0 Å². The number of aryl methyl sites for hydroxylation is 1. The van der Waals surface area contributed by atoms with Crippen LogP contribution in [0, 0.1) is 13.8 Å². The third-order valence-electron chi connectivity index (χ3n) is 4.88. The first kappa shape index (κ1) is 25.1. The van der Waals surface area contributed by atoms with Gasteiger partial charge in [-0.1, -0.05) is 36.0 Å². The van der Waals surface area contributed by atoms with Crippen LogP contribution in [0.25, 0.3) is 0 Å². The van der Waals surface area contributed by atoms with Crippen LogP contribution in [0.4, 0.5) is 5.00 Å². The van der Waals surface area contributed by atoms with Gasteiger partial charge in [-0.05, 0) is 38.5 Å². The van der Waals surface area contributed by atoms with Crippen molar-refractivity contribution in [3.05, 3.63) is 64.8 Å². The number of anilines is 1. The molecule has 174 valence electrons. The zero-order valence-electron chi connectivity index (χ0n) is 19.0. The summed E-state index contributed by atoms with van der Waals surface area (Å²) in [4.78, 5) is 27.2. The number of thiophene rings is 1. The Morgan fingerprint density at radius 2 is 2.00 bits per heavy atom. The Morgan fingerprint density at radius 3 is 2.67 bits per heavy atom. The van der Waals surface area contributed by atoms with Crippen molar-refractivity contribution in [3.8, 4) is 0 Å². The predicted molar refractivity (Wildman–Crippen MR) is 135 cm³/mol. The molecule has 3 rings (SSSR count). The molecule has 1 amide bonds. The Morgan fingerprint density at radius 1 is 1.27 bits per heavy atom. The van der Waals surface area contributed by atoms with Gasteiger partial charge in [0, 0.05) is 16.3 Å². The average molecular weight is 503 g/mol. The number of rotatable bonds is 10. The van der Waals surface area contributed by atoms with E-state index in [1.165, 1.54) is 30.2 Å². The Kier molecular flexibility index (Phi) is 8.76. The molecule has 7 nitrogen and oxygen atoms in total. The number of nitrogens with one attached hydrogen (secondary N) is 1. The molecule has 0 bridgehead atoms. The van der Waals surface area contributed by atoms with Crippen molar-refractivity contribution in [1.82, 2.24) is 14.8 Å². The SMILES string of the molecule is C=CCn1c(CSc2ccccc2)nnc1SC(C)C(=O)Nc1sc(C)c(C)c1C(=O)OC. The summed E-state index contributed by atoms with van der Waals surface area (Å²) in [5.74, 6) is 0.789. The van der Waals surface area contributed by atoms with Crippen LogP contribution in [0.1, 0.15) is 33.5 Å². The van der Waals surface area contributed by atoms with Crippen molar-refractivity contribution in [2.75, 3.05) is 12.4 Å². The molecular formula is C23H26N4O3S3. The van der Waals surface area contributed by atoms with Gasteiger partial charge in [0.25, 0.3) is 0 Å². The molecule has 1 atom stereocenters. The molecule has 3 aromatic rings. The number of amides is 1. The lowest BCUT2D eigenvalue weighted by Crippen LogP contribution is -2.23. The van der Waals surface area contributed by atoms with E-state index < -0.39 is 11.2 Å². The zero-order valence-corrected chi connectivity index (χ0v) is 21.4. The average Bonchev–Trinajstić information content (AvgIpc) is 3.32. The van der Waals surface area contributed by atoms with Crippen LogP contribution >= 0.6 is 34.9 Å². The van der Waals surface area contributed by atoms with Gasteiger partial charge in [0.05, 0.1) is 23.7 Å². The van der Waals surface area contributed by atoms with Gasteiger partial charge in [-0.25, -0.2) is 4.79 Å². The third-order valence-corrected chi connectivity index (χ3v) is 8.09. The molecule has 10 heteroatoms. The van der Waals surface area contributed by atoms with Gasteiger partial charge in [-0.15, -0.1) is 39.9 Å². The highest BCUT2D eigenvalue weighted by Gasteiger charge is 2.25. The largest absolute Gasteiger partial charge is 0.465 e. The lowest BCUT2D eigenvalue weighted by molar-refractivity contribution is -0.115. The van der Waals surface area contributed by atoms with Crippen LogP contribution in [-0.4, -0.2) is 39.0 Å². The quantitative estimate of drug-likeness (QED) is 0.227. The molecule has 0 aliphatic carbocycles. The second-order valence-corrected chi connectivity index (χ2v) is 10.7. The number of benzene rings is 1. The minimum absolute atomic E-state index is 0.222. The van der Waals surface area contributed by atoms with Crippen molar-refractivity contribution in [3.63, 3.8) is 0 Å². The summed E-state index contributed by atoms with van der Waals surface area (Å²) in [6.07, 6.45) is 1.79. The van der Waals surface area contributed by atoms with Crippen molar-refractivity contribution in [1.29, 1.82) is 0 Å². The molecule has 0 radical (unpaired) electrons. The predicted octanol–water partition coefficient (Wildman–Crippen LogP) is 5.34. The zero-order chi connectivity index (χ0) is 24.0. The number of aromatic nitrogens is 3. The molecule has 0 saturated carbocycles. The van der Waals surface area contributed by atoms with Gasteiger partial charge in [0.15, 0.2) is 5.16 Å². The molecule has 1 aromatic carbocycles. The fourth-order valence-electron chi connectivity index (χ4n) is 2.98. The van der Waals surface area contributed by atoms with E-state index in [1.807, 2.05) is 36.6 Å². The van der Waals surface area contributed by atoms with E-state index in [4.69, 9.17) is 4.74 Å². The molecule has 1 unspecified atom stereocenters. The number of carbonyl (C=O) groups excluding carboxylic acids is 2. The molecule has 0 aliphatic rings. The smallest absolute Gasteiger partial charge is 0.341 e. The fraction of sp³-hybridized carbons (Fsp3) is 0.304. The van der Waals surface area contributed by atoms with E-state index in [-0.39, 0.29) is 5.91 Å². The Balaban J connectivity index is 1.72. The lowest BCUT2D eigenvalue weighted by Gasteiger charge is -2.13. The second kappa shape index (κ2) is 11.5. The second-order valence-electron chi connectivity index (χ2n) is 7.13. The van der Waals surface area contributed by atoms with Crippen molar-refractivity contribution in [2.45, 2.75) is 48.4 Å². The first-order chi connectivity index (χ1) is 15.8. The molecule has 0 aliphatic heterocycles. The molecule has 0 spiro atoms. The standard InChI is InChI=1S/C23H26N4O3S3/c1-6-12-27-18(13-31-17-10-8-7-9-11-17)25-26-23(27)33-16(4)20(28)24-21-19(22(29)30-5)14(2)15(3)32-21/h6-11,16H,1,12-13H2,2-5H3,(H,24,28). The molecule has 1 N–H and O–H groups in total. The minimum Gasteiger partial charge on any atom is -0.465 e. The molecular weight excluding hydrogens is 476 g/mol. The Bertz CT molecular complexity index is 1140. The molecule has 2 aromatic heterocycles. The summed E-state index contributed by atoms with van der Waals surface area (Å²) >= 11 is 4.36. The van der Waals surface area contributed by atoms with Crippen LogP contribution in [0.3, 0.4) is 0 Å². The number of thioether (sulfide) groups is 2. The first-order valence-electron chi connectivity index (χ1n) is 10.2. The number of nitrogens with zero attached hydrogens (tertiary/aromatic N) is 3.